The average Bonchev–Trinajstić information content (AvgIpc) is 2.95. The van der Waals surface area contributed by atoms with Crippen molar-refractivity contribution in [3.63, 3.8) is 0 Å². The number of nitrogens with zero attached hydrogens (tertiary/aromatic N) is 3. The molecule has 1 aliphatic rings. The molecule has 2 aromatic rings. The molecule has 1 fully saturated rings. The van der Waals surface area contributed by atoms with Crippen LogP contribution in [-0.4, -0.2) is 48.0 Å². The fraction of sp³-hybridized carbons (Fsp3) is 0.400. The maximum absolute atomic E-state index is 5.72. The van der Waals surface area contributed by atoms with Gasteiger partial charge in [-0.1, -0.05) is 0 Å². The SMILES string of the molecule is COc1ccc(OCCN2CC(n3cccn3)C2)cc1. The van der Waals surface area contributed by atoms with Crippen molar-refractivity contribution in [2.75, 3.05) is 33.4 Å². The minimum Gasteiger partial charge on any atom is -0.497 e. The highest BCUT2D eigenvalue weighted by Gasteiger charge is 2.27. The van der Waals surface area contributed by atoms with Crippen LogP contribution in [0.5, 0.6) is 11.5 Å². The van der Waals surface area contributed by atoms with Gasteiger partial charge in [0.2, 0.25) is 0 Å². The lowest BCUT2D eigenvalue weighted by Gasteiger charge is -2.39. The molecule has 5 nitrogen and oxygen atoms in total. The summed E-state index contributed by atoms with van der Waals surface area (Å²) in [4.78, 5) is 2.37. The Morgan fingerprint density at radius 3 is 2.60 bits per heavy atom. The Hall–Kier alpha value is -2.01. The molecule has 0 saturated carbocycles. The summed E-state index contributed by atoms with van der Waals surface area (Å²) in [6.45, 7) is 3.75. The zero-order valence-corrected chi connectivity index (χ0v) is 11.6. The van der Waals surface area contributed by atoms with Crippen molar-refractivity contribution in [1.29, 1.82) is 0 Å². The first kappa shape index (κ1) is 13.0. The van der Waals surface area contributed by atoms with E-state index in [0.29, 0.717) is 12.6 Å². The summed E-state index contributed by atoms with van der Waals surface area (Å²) in [6.07, 6.45) is 3.85. The van der Waals surface area contributed by atoms with Crippen LogP contribution in [0.1, 0.15) is 6.04 Å². The van der Waals surface area contributed by atoms with E-state index in [1.54, 1.807) is 7.11 Å². The molecule has 0 N–H and O–H groups in total. The first-order valence-electron chi connectivity index (χ1n) is 6.83. The minimum atomic E-state index is 0.519. The number of hydrogen-bond donors (Lipinski definition) is 0. The van der Waals surface area contributed by atoms with E-state index in [9.17, 15) is 0 Å². The molecule has 0 radical (unpaired) electrons. The van der Waals surface area contributed by atoms with E-state index in [4.69, 9.17) is 9.47 Å². The van der Waals surface area contributed by atoms with Crippen molar-refractivity contribution < 1.29 is 9.47 Å². The van der Waals surface area contributed by atoms with Crippen molar-refractivity contribution in [2.24, 2.45) is 0 Å². The normalized spacial score (nSPS) is 15.8. The van der Waals surface area contributed by atoms with Gasteiger partial charge in [0.25, 0.3) is 0 Å². The monoisotopic (exact) mass is 273 g/mol. The van der Waals surface area contributed by atoms with Gasteiger partial charge in [0, 0.05) is 32.0 Å². The van der Waals surface area contributed by atoms with Crippen LogP contribution in [0.3, 0.4) is 0 Å². The lowest BCUT2D eigenvalue weighted by Crippen LogP contribution is -2.49. The van der Waals surface area contributed by atoms with Crippen molar-refractivity contribution in [3.8, 4) is 11.5 Å². The maximum Gasteiger partial charge on any atom is 0.119 e. The number of hydrogen-bond acceptors (Lipinski definition) is 4. The predicted octanol–water partition coefficient (Wildman–Crippen LogP) is 1.83. The maximum atomic E-state index is 5.72. The lowest BCUT2D eigenvalue weighted by molar-refractivity contribution is 0.0818. The van der Waals surface area contributed by atoms with E-state index in [1.807, 2.05) is 47.4 Å². The van der Waals surface area contributed by atoms with Crippen LogP contribution >= 0.6 is 0 Å². The number of likely N-dealkylation sites (tertiary alicyclic amines) is 1. The van der Waals surface area contributed by atoms with Crippen LogP contribution in [0, 0.1) is 0 Å². The molecule has 0 aliphatic carbocycles. The largest absolute Gasteiger partial charge is 0.497 e. The van der Waals surface area contributed by atoms with Crippen LogP contribution < -0.4 is 9.47 Å². The average molecular weight is 273 g/mol. The number of ether oxygens (including phenoxy) is 2. The highest BCUT2D eigenvalue weighted by Crippen LogP contribution is 2.20. The first-order chi connectivity index (χ1) is 9.85. The van der Waals surface area contributed by atoms with Gasteiger partial charge in [-0.2, -0.15) is 5.10 Å². The fourth-order valence-corrected chi connectivity index (χ4v) is 2.35. The zero-order chi connectivity index (χ0) is 13.8. The predicted molar refractivity (Wildman–Crippen MR) is 76.2 cm³/mol. The van der Waals surface area contributed by atoms with Gasteiger partial charge < -0.3 is 9.47 Å². The number of aromatic nitrogens is 2. The topological polar surface area (TPSA) is 39.5 Å². The molecular weight excluding hydrogens is 254 g/mol. The molecule has 1 aliphatic heterocycles. The second-order valence-electron chi connectivity index (χ2n) is 4.92. The standard InChI is InChI=1S/C15H19N3O2/c1-19-14-3-5-15(6-4-14)20-10-9-17-11-13(12-17)18-8-2-7-16-18/h2-8,13H,9-12H2,1H3. The molecule has 0 unspecified atom stereocenters. The molecule has 3 rings (SSSR count). The summed E-state index contributed by atoms with van der Waals surface area (Å²) in [5, 5.41) is 4.26. The molecule has 1 aromatic heterocycles. The summed E-state index contributed by atoms with van der Waals surface area (Å²) in [6, 6.07) is 10.2. The zero-order valence-electron chi connectivity index (χ0n) is 11.6. The molecule has 0 spiro atoms. The van der Waals surface area contributed by atoms with Gasteiger partial charge in [0.1, 0.15) is 18.1 Å². The van der Waals surface area contributed by atoms with Gasteiger partial charge in [-0.3, -0.25) is 9.58 Å². The summed E-state index contributed by atoms with van der Waals surface area (Å²) in [7, 11) is 1.66. The van der Waals surface area contributed by atoms with E-state index in [1.165, 1.54) is 0 Å². The van der Waals surface area contributed by atoms with Crippen molar-refractivity contribution in [1.82, 2.24) is 14.7 Å². The molecule has 20 heavy (non-hydrogen) atoms. The van der Waals surface area contributed by atoms with Crippen LogP contribution in [0.2, 0.25) is 0 Å². The molecule has 1 aromatic carbocycles. The second kappa shape index (κ2) is 5.96. The van der Waals surface area contributed by atoms with Crippen molar-refractivity contribution in [2.45, 2.75) is 6.04 Å². The van der Waals surface area contributed by atoms with Crippen LogP contribution in [-0.2, 0) is 0 Å². The molecular formula is C15H19N3O2. The third-order valence-electron chi connectivity index (χ3n) is 3.57. The van der Waals surface area contributed by atoms with Gasteiger partial charge in [-0.15, -0.1) is 0 Å². The van der Waals surface area contributed by atoms with E-state index in [2.05, 4.69) is 10.00 Å². The third-order valence-corrected chi connectivity index (χ3v) is 3.57. The Kier molecular flexibility index (Phi) is 3.87. The number of rotatable bonds is 6. The molecule has 2 heterocycles. The Balaban J connectivity index is 1.36. The Morgan fingerprint density at radius 2 is 1.95 bits per heavy atom. The van der Waals surface area contributed by atoms with Gasteiger partial charge in [-0.05, 0) is 30.3 Å². The Morgan fingerprint density at radius 1 is 1.20 bits per heavy atom. The van der Waals surface area contributed by atoms with Gasteiger partial charge in [-0.25, -0.2) is 0 Å². The number of benzene rings is 1. The van der Waals surface area contributed by atoms with Gasteiger partial charge in [0.05, 0.1) is 13.2 Å². The smallest absolute Gasteiger partial charge is 0.119 e. The Labute approximate surface area is 118 Å². The van der Waals surface area contributed by atoms with Crippen LogP contribution in [0.25, 0.3) is 0 Å². The summed E-state index contributed by atoms with van der Waals surface area (Å²) < 4.78 is 12.9. The lowest BCUT2D eigenvalue weighted by atomic mass is 10.1. The van der Waals surface area contributed by atoms with E-state index in [0.717, 1.165) is 31.1 Å². The van der Waals surface area contributed by atoms with E-state index < -0.39 is 0 Å². The second-order valence-corrected chi connectivity index (χ2v) is 4.92. The van der Waals surface area contributed by atoms with Crippen LogP contribution in [0.4, 0.5) is 0 Å². The molecule has 0 bridgehead atoms. The quantitative estimate of drug-likeness (QED) is 0.805. The Bertz CT molecular complexity index is 519. The molecule has 1 saturated heterocycles. The molecule has 0 amide bonds. The summed E-state index contributed by atoms with van der Waals surface area (Å²) in [5.41, 5.74) is 0. The first-order valence-corrected chi connectivity index (χ1v) is 6.83. The van der Waals surface area contributed by atoms with Gasteiger partial charge in [0.15, 0.2) is 0 Å². The van der Waals surface area contributed by atoms with E-state index in [-0.39, 0.29) is 0 Å². The summed E-state index contributed by atoms with van der Waals surface area (Å²) >= 11 is 0. The van der Waals surface area contributed by atoms with Crippen molar-refractivity contribution in [3.05, 3.63) is 42.7 Å². The highest BCUT2D eigenvalue weighted by molar-refractivity contribution is 5.31. The third kappa shape index (κ3) is 2.93. The molecule has 0 atom stereocenters. The van der Waals surface area contributed by atoms with E-state index >= 15 is 0 Å². The molecule has 106 valence electrons. The van der Waals surface area contributed by atoms with Gasteiger partial charge >= 0.3 is 0 Å². The number of methoxy groups -OCH3 is 1. The van der Waals surface area contributed by atoms with Crippen molar-refractivity contribution >= 4 is 0 Å². The highest BCUT2D eigenvalue weighted by atomic mass is 16.5. The fourth-order valence-electron chi connectivity index (χ4n) is 2.35. The minimum absolute atomic E-state index is 0.519. The molecule has 5 heteroatoms. The summed E-state index contributed by atoms with van der Waals surface area (Å²) in [5.74, 6) is 1.73. The van der Waals surface area contributed by atoms with Crippen LogP contribution in [0.15, 0.2) is 42.7 Å².